The molecule has 0 aliphatic carbocycles. The van der Waals surface area contributed by atoms with Crippen molar-refractivity contribution in [3.8, 4) is 0 Å². The summed E-state index contributed by atoms with van der Waals surface area (Å²) in [5.41, 5.74) is 0. The zero-order valence-corrected chi connectivity index (χ0v) is 13.1. The molecule has 0 aliphatic rings. The number of rotatable bonds is 3. The van der Waals surface area contributed by atoms with Gasteiger partial charge in [-0.15, -0.1) is 0 Å². The first-order chi connectivity index (χ1) is 6.93. The second-order valence-electron chi connectivity index (χ2n) is 2.90. The molecule has 1 aromatic rings. The minimum absolute atomic E-state index is 1.15. The molecule has 86 valence electrons. The molecule has 0 bridgehead atoms. The summed E-state index contributed by atoms with van der Waals surface area (Å²) in [4.78, 5) is 0. The van der Waals surface area contributed by atoms with Crippen LogP contribution in [0.4, 0.5) is 0 Å². The number of halogens is 4. The molecule has 0 unspecified atom stereocenters. The summed E-state index contributed by atoms with van der Waals surface area (Å²) in [7, 11) is 20.1. The Morgan fingerprint density at radius 2 is 1.47 bits per heavy atom. The molecule has 0 saturated heterocycles. The zero-order valence-electron chi connectivity index (χ0n) is 8.47. The summed E-state index contributed by atoms with van der Waals surface area (Å²) in [6.07, 6.45) is 6.75. The van der Waals surface area contributed by atoms with Gasteiger partial charge in [0.05, 0.1) is 0 Å². The summed E-state index contributed by atoms with van der Waals surface area (Å²) < 4.78 is 2.21. The first-order valence-electron chi connectivity index (χ1n) is 4.63. The number of nitrogens with zero attached hydrogens (tertiary/aromatic N) is 1. The Kier molecular flexibility index (Phi) is 9.72. The molecule has 1 aromatic heterocycles. The van der Waals surface area contributed by atoms with Gasteiger partial charge in [-0.3, -0.25) is 0 Å². The number of hydrogen-bond acceptors (Lipinski definition) is 0. The normalized spacial score (nSPS) is 10.5. The van der Waals surface area contributed by atoms with Crippen LogP contribution in [-0.4, -0.2) is 0 Å². The topological polar surface area (TPSA) is 3.88 Å². The molecule has 0 aliphatic heterocycles. The van der Waals surface area contributed by atoms with Gasteiger partial charge in [0.1, 0.15) is 6.54 Å². The fourth-order valence-electron chi connectivity index (χ4n) is 0.924. The van der Waals surface area contributed by atoms with Gasteiger partial charge in [0, 0.05) is 18.6 Å². The first kappa shape index (κ1) is 16.0. The zero-order chi connectivity index (χ0) is 11.7. The van der Waals surface area contributed by atoms with E-state index in [9.17, 15) is 0 Å². The van der Waals surface area contributed by atoms with Gasteiger partial charge in [-0.05, 0) is 0 Å². The Labute approximate surface area is 110 Å². The van der Waals surface area contributed by atoms with Crippen molar-refractivity contribution in [3.63, 3.8) is 0 Å². The van der Waals surface area contributed by atoms with Crippen molar-refractivity contribution in [1.29, 1.82) is 0 Å². The molecule has 0 N–H and O–H groups in total. The molecule has 15 heavy (non-hydrogen) atoms. The van der Waals surface area contributed by atoms with E-state index in [1.807, 2.05) is 6.07 Å². The molecule has 0 fully saturated rings. The van der Waals surface area contributed by atoms with Crippen molar-refractivity contribution in [1.82, 2.24) is 0 Å². The van der Waals surface area contributed by atoms with E-state index in [4.69, 9.17) is 37.2 Å². The van der Waals surface area contributed by atoms with E-state index >= 15 is 0 Å². The van der Waals surface area contributed by atoms with Crippen molar-refractivity contribution in [2.45, 2.75) is 26.3 Å². The van der Waals surface area contributed by atoms with Gasteiger partial charge in [0.15, 0.2) is 12.4 Å². The van der Waals surface area contributed by atoms with Gasteiger partial charge in [-0.25, -0.2) is 4.57 Å². The molecule has 6 heteroatoms. The Balaban J connectivity index is 0.000000336. The van der Waals surface area contributed by atoms with Crippen LogP contribution in [0.2, 0.25) is 0 Å². The van der Waals surface area contributed by atoms with Gasteiger partial charge in [0.2, 0.25) is 0 Å². The van der Waals surface area contributed by atoms with Gasteiger partial charge >= 0.3 is 49.6 Å². The van der Waals surface area contributed by atoms with Crippen LogP contribution in [0.1, 0.15) is 19.8 Å². The third-order valence-corrected chi connectivity index (χ3v) is 1.55. The maximum absolute atomic E-state index is 5.01. The second kappa shape index (κ2) is 9.10. The minimum atomic E-state index is -3.11. The van der Waals surface area contributed by atoms with Gasteiger partial charge in [-0.2, -0.15) is 0 Å². The Morgan fingerprint density at radius 1 is 1.00 bits per heavy atom. The first-order valence-corrected chi connectivity index (χ1v) is 13.2. The Morgan fingerprint density at radius 3 is 1.87 bits per heavy atom. The second-order valence-corrected chi connectivity index (χ2v) is 18.4. The van der Waals surface area contributed by atoms with Crippen LogP contribution in [0, 0.1) is 0 Å². The molecule has 1 rings (SSSR count). The molecule has 0 saturated carbocycles. The Hall–Kier alpha value is 1.02. The van der Waals surface area contributed by atoms with Gasteiger partial charge in [-0.1, -0.05) is 19.4 Å². The third kappa shape index (κ3) is 15.0. The van der Waals surface area contributed by atoms with Crippen LogP contribution in [0.25, 0.3) is 0 Å². The van der Waals surface area contributed by atoms with E-state index in [-0.39, 0.29) is 0 Å². The van der Waals surface area contributed by atoms with E-state index in [0.717, 1.165) is 6.54 Å². The number of pyridine rings is 1. The third-order valence-electron chi connectivity index (χ3n) is 1.55. The molecule has 0 atom stereocenters. The summed E-state index contributed by atoms with van der Waals surface area (Å²) in [6, 6.07) is 6.17. The Bertz CT molecular complexity index is 244. The van der Waals surface area contributed by atoms with E-state index in [1.54, 1.807) is 0 Å². The van der Waals surface area contributed by atoms with Crippen LogP contribution in [0.3, 0.4) is 0 Å². The van der Waals surface area contributed by atoms with Crippen LogP contribution in [0.5, 0.6) is 0 Å². The average molecular weight is 326 g/mol. The number of aryl methyl sites for hydroxylation is 1. The van der Waals surface area contributed by atoms with Crippen LogP contribution in [0.15, 0.2) is 30.6 Å². The van der Waals surface area contributed by atoms with Gasteiger partial charge < -0.3 is 0 Å². The average Bonchev–Trinajstić information content (AvgIpc) is 2.14. The van der Waals surface area contributed by atoms with Crippen molar-refractivity contribution < 1.29 is 16.9 Å². The standard InChI is InChI=1S/C9H14N.4ClH.Ti/c1-2-3-7-10-8-5-4-6-9-10;;;;;/h4-6,8-9H,2-3,7H2,1H3;4*1H;/q+1;;;;;+4/p-4. The van der Waals surface area contributed by atoms with Crippen molar-refractivity contribution in [2.24, 2.45) is 0 Å². The molecule has 0 amide bonds. The number of hydrogen-bond donors (Lipinski definition) is 0. The molecule has 0 radical (unpaired) electrons. The predicted octanol–water partition coefficient (Wildman–Crippen LogP) is 4.53. The summed E-state index contributed by atoms with van der Waals surface area (Å²) in [5.74, 6) is 0. The van der Waals surface area contributed by atoms with Crippen molar-refractivity contribution in [3.05, 3.63) is 30.6 Å². The molecular weight excluding hydrogens is 312 g/mol. The SMILES string of the molecule is CCCC[n+]1ccccc1.[Cl][Ti]([Cl])([Cl])[Cl]. The number of aromatic nitrogens is 1. The summed E-state index contributed by atoms with van der Waals surface area (Å²) >= 11 is -3.11. The fourth-order valence-corrected chi connectivity index (χ4v) is 0.924. The molecular formula is C9H14Cl4NTi+. The molecule has 1 heterocycles. The predicted molar refractivity (Wildman–Crippen MR) is 65.0 cm³/mol. The van der Waals surface area contributed by atoms with Crippen molar-refractivity contribution >= 4 is 37.2 Å². The van der Waals surface area contributed by atoms with Gasteiger partial charge in [0.25, 0.3) is 0 Å². The molecule has 0 aromatic carbocycles. The van der Waals surface area contributed by atoms with E-state index in [0.29, 0.717) is 0 Å². The molecule has 0 spiro atoms. The van der Waals surface area contributed by atoms with Crippen molar-refractivity contribution in [2.75, 3.05) is 0 Å². The summed E-state index contributed by atoms with van der Waals surface area (Å²) in [6.45, 7) is 3.36. The number of unbranched alkanes of at least 4 members (excludes halogenated alkanes) is 1. The monoisotopic (exact) mass is 324 g/mol. The fraction of sp³-hybridized carbons (Fsp3) is 0.444. The van der Waals surface area contributed by atoms with Crippen LogP contribution >= 0.6 is 37.2 Å². The quantitative estimate of drug-likeness (QED) is 0.568. The van der Waals surface area contributed by atoms with E-state index in [1.165, 1.54) is 12.8 Å². The van der Waals surface area contributed by atoms with Crippen LogP contribution in [-0.2, 0) is 18.9 Å². The van der Waals surface area contributed by atoms with E-state index in [2.05, 4.69) is 36.0 Å². The molecule has 1 nitrogen and oxygen atoms in total. The van der Waals surface area contributed by atoms with Crippen LogP contribution < -0.4 is 4.57 Å². The maximum atomic E-state index is 5.01. The summed E-state index contributed by atoms with van der Waals surface area (Å²) in [5, 5.41) is 0. The van der Waals surface area contributed by atoms with E-state index < -0.39 is 12.3 Å².